The summed E-state index contributed by atoms with van der Waals surface area (Å²) in [6, 6.07) is 4.90. The molecule has 0 atom stereocenters. The lowest BCUT2D eigenvalue weighted by Gasteiger charge is -2.35. The molecule has 1 aromatic carbocycles. The molecule has 0 aliphatic heterocycles. The maximum Gasteiger partial charge on any atom is 0.331 e. The Morgan fingerprint density at radius 2 is 1.88 bits per heavy atom. The zero-order valence-electron chi connectivity index (χ0n) is 19.9. The van der Waals surface area contributed by atoms with E-state index in [0.717, 1.165) is 24.8 Å². The number of esters is 1. The lowest BCUT2D eigenvalue weighted by atomic mass is 9.81. The van der Waals surface area contributed by atoms with Crippen LogP contribution in [0.2, 0.25) is 0 Å². The average Bonchev–Trinajstić information content (AvgIpc) is 3.15. The van der Waals surface area contributed by atoms with Crippen molar-refractivity contribution in [3.63, 3.8) is 0 Å². The van der Waals surface area contributed by atoms with E-state index in [1.807, 2.05) is 11.5 Å². The molecule has 0 unspecified atom stereocenters. The highest BCUT2D eigenvalue weighted by atomic mass is 32.2. The molecule has 182 valence electrons. The van der Waals surface area contributed by atoms with Crippen LogP contribution in [0.5, 0.6) is 0 Å². The van der Waals surface area contributed by atoms with E-state index in [4.69, 9.17) is 4.74 Å². The Bertz CT molecular complexity index is 1120. The van der Waals surface area contributed by atoms with Crippen molar-refractivity contribution in [1.82, 2.24) is 19.2 Å². The van der Waals surface area contributed by atoms with E-state index in [1.54, 1.807) is 25.1 Å². The maximum absolute atomic E-state index is 12.8. The predicted molar refractivity (Wildman–Crippen MR) is 125 cm³/mol. The Kier molecular flexibility index (Phi) is 7.79. The highest BCUT2D eigenvalue weighted by Gasteiger charge is 2.42. The van der Waals surface area contributed by atoms with Crippen LogP contribution in [0.3, 0.4) is 0 Å². The monoisotopic (exact) mass is 478 g/mol. The molecule has 33 heavy (non-hydrogen) atoms. The summed E-state index contributed by atoms with van der Waals surface area (Å²) in [4.78, 5) is 30.2. The van der Waals surface area contributed by atoms with Crippen LogP contribution in [-0.4, -0.2) is 60.4 Å². The fourth-order valence-corrected chi connectivity index (χ4v) is 5.36. The van der Waals surface area contributed by atoms with Crippen LogP contribution in [0.4, 0.5) is 0 Å². The molecular formula is C23H34N4O5S. The first-order valence-corrected chi connectivity index (χ1v) is 13.0. The summed E-state index contributed by atoms with van der Waals surface area (Å²) in [5.74, 6) is 0.139. The molecule has 2 aromatic rings. The number of carbonyl (C=O) groups is 2. The zero-order valence-corrected chi connectivity index (χ0v) is 20.7. The third-order valence-electron chi connectivity index (χ3n) is 6.22. The van der Waals surface area contributed by atoms with Gasteiger partial charge in [-0.15, -0.1) is 0 Å². The SMILES string of the molecule is CCOC(=O)C1(NC(=O)CCc2nc3cc(S(=O)(=O)N(C)C)ccc3n2CC)CCCCC1. The minimum absolute atomic E-state index is 0.174. The van der Waals surface area contributed by atoms with Crippen molar-refractivity contribution in [3.8, 4) is 0 Å². The molecule has 1 saturated carbocycles. The largest absolute Gasteiger partial charge is 0.464 e. The molecule has 3 rings (SSSR count). The topological polar surface area (TPSA) is 111 Å². The molecule has 1 fully saturated rings. The van der Waals surface area contributed by atoms with Gasteiger partial charge in [-0.1, -0.05) is 19.3 Å². The number of ether oxygens (including phenoxy) is 1. The summed E-state index contributed by atoms with van der Waals surface area (Å²) in [7, 11) is -0.585. The van der Waals surface area contributed by atoms with Crippen molar-refractivity contribution < 1.29 is 22.7 Å². The molecule has 0 bridgehead atoms. The molecular weight excluding hydrogens is 444 g/mol. The van der Waals surface area contributed by atoms with Crippen LogP contribution in [-0.2, 0) is 37.3 Å². The van der Waals surface area contributed by atoms with Crippen LogP contribution in [0.15, 0.2) is 23.1 Å². The van der Waals surface area contributed by atoms with Crippen LogP contribution in [0, 0.1) is 0 Å². The molecule has 1 aliphatic carbocycles. The van der Waals surface area contributed by atoms with Crippen molar-refractivity contribution >= 4 is 32.9 Å². The fourth-order valence-electron chi connectivity index (χ4n) is 4.43. The highest BCUT2D eigenvalue weighted by Crippen LogP contribution is 2.30. The number of carbonyl (C=O) groups excluding carboxylic acids is 2. The minimum atomic E-state index is -3.56. The smallest absolute Gasteiger partial charge is 0.331 e. The van der Waals surface area contributed by atoms with Crippen molar-refractivity contribution in [1.29, 1.82) is 0 Å². The number of hydrogen-bond donors (Lipinski definition) is 1. The quantitative estimate of drug-likeness (QED) is 0.555. The molecule has 10 heteroatoms. The van der Waals surface area contributed by atoms with E-state index in [-0.39, 0.29) is 29.8 Å². The van der Waals surface area contributed by atoms with Gasteiger partial charge in [0, 0.05) is 33.5 Å². The van der Waals surface area contributed by atoms with Gasteiger partial charge in [-0.3, -0.25) is 4.79 Å². The van der Waals surface area contributed by atoms with Crippen molar-refractivity contribution in [2.24, 2.45) is 0 Å². The van der Waals surface area contributed by atoms with E-state index in [0.29, 0.717) is 37.1 Å². The summed E-state index contributed by atoms with van der Waals surface area (Å²) in [6.45, 7) is 4.66. The van der Waals surface area contributed by atoms with Gasteiger partial charge < -0.3 is 14.6 Å². The van der Waals surface area contributed by atoms with Crippen molar-refractivity contribution in [2.75, 3.05) is 20.7 Å². The first-order valence-electron chi connectivity index (χ1n) is 11.5. The number of nitrogens with one attached hydrogen (secondary N) is 1. The molecule has 1 N–H and O–H groups in total. The lowest BCUT2D eigenvalue weighted by molar-refractivity contribution is -0.155. The van der Waals surface area contributed by atoms with E-state index < -0.39 is 15.6 Å². The Morgan fingerprint density at radius 1 is 1.18 bits per heavy atom. The number of fused-ring (bicyclic) bond motifs is 1. The van der Waals surface area contributed by atoms with Crippen LogP contribution < -0.4 is 5.32 Å². The first-order chi connectivity index (χ1) is 15.6. The van der Waals surface area contributed by atoms with Gasteiger partial charge in [-0.05, 0) is 44.9 Å². The highest BCUT2D eigenvalue weighted by molar-refractivity contribution is 7.89. The summed E-state index contributed by atoms with van der Waals surface area (Å²) < 4.78 is 33.4. The molecule has 0 spiro atoms. The third-order valence-corrected chi connectivity index (χ3v) is 8.03. The number of nitrogens with zero attached hydrogens (tertiary/aromatic N) is 3. The molecule has 9 nitrogen and oxygen atoms in total. The zero-order chi connectivity index (χ0) is 24.2. The lowest BCUT2D eigenvalue weighted by Crippen LogP contribution is -2.56. The van der Waals surface area contributed by atoms with Crippen LogP contribution in [0.25, 0.3) is 11.0 Å². The molecule has 1 aromatic heterocycles. The van der Waals surface area contributed by atoms with Gasteiger partial charge in [0.25, 0.3) is 0 Å². The van der Waals surface area contributed by atoms with Gasteiger partial charge in [0.05, 0.1) is 22.5 Å². The van der Waals surface area contributed by atoms with Gasteiger partial charge in [0.15, 0.2) is 0 Å². The second-order valence-electron chi connectivity index (χ2n) is 8.62. The predicted octanol–water partition coefficient (Wildman–Crippen LogP) is 2.62. The maximum atomic E-state index is 12.8. The van der Waals surface area contributed by atoms with E-state index in [1.165, 1.54) is 18.4 Å². The number of benzene rings is 1. The number of amides is 1. The Hall–Kier alpha value is -2.46. The fraction of sp³-hybridized carbons (Fsp3) is 0.609. The number of imidazole rings is 1. The Balaban J connectivity index is 1.78. The van der Waals surface area contributed by atoms with E-state index in [2.05, 4.69) is 10.3 Å². The summed E-state index contributed by atoms with van der Waals surface area (Å²) in [5, 5.41) is 2.96. The number of aromatic nitrogens is 2. The van der Waals surface area contributed by atoms with Crippen molar-refractivity contribution in [2.45, 2.75) is 75.8 Å². The Morgan fingerprint density at radius 3 is 2.48 bits per heavy atom. The van der Waals surface area contributed by atoms with Gasteiger partial charge >= 0.3 is 5.97 Å². The standard InChI is InChI=1S/C23H34N4O5S/c1-5-27-19-11-10-17(33(30,31)26(3)4)16-18(19)24-20(27)12-13-21(28)25-23(22(29)32-6-2)14-8-7-9-15-23/h10-11,16H,5-9,12-15H2,1-4H3,(H,25,28). The van der Waals surface area contributed by atoms with Crippen molar-refractivity contribution in [3.05, 3.63) is 24.0 Å². The number of rotatable bonds is 9. The Labute approximate surface area is 195 Å². The van der Waals surface area contributed by atoms with Crippen LogP contribution >= 0.6 is 0 Å². The number of aryl methyl sites for hydroxylation is 2. The van der Waals surface area contributed by atoms with Gasteiger partial charge in [0.2, 0.25) is 15.9 Å². The normalized spacial score (nSPS) is 16.2. The summed E-state index contributed by atoms with van der Waals surface area (Å²) in [6.07, 6.45) is 4.54. The van der Waals surface area contributed by atoms with Gasteiger partial charge in [0.1, 0.15) is 11.4 Å². The van der Waals surface area contributed by atoms with E-state index >= 15 is 0 Å². The molecule has 1 heterocycles. The second kappa shape index (κ2) is 10.2. The molecule has 0 saturated heterocycles. The van der Waals surface area contributed by atoms with E-state index in [9.17, 15) is 18.0 Å². The molecule has 0 radical (unpaired) electrons. The summed E-state index contributed by atoms with van der Waals surface area (Å²) >= 11 is 0. The first kappa shape index (κ1) is 25.2. The van der Waals surface area contributed by atoms with Gasteiger partial charge in [-0.25, -0.2) is 22.5 Å². The van der Waals surface area contributed by atoms with Crippen LogP contribution in [0.1, 0.15) is 58.2 Å². The minimum Gasteiger partial charge on any atom is -0.464 e. The van der Waals surface area contributed by atoms with Gasteiger partial charge in [-0.2, -0.15) is 0 Å². The number of sulfonamides is 1. The third kappa shape index (κ3) is 5.22. The average molecular weight is 479 g/mol. The second-order valence-corrected chi connectivity index (χ2v) is 10.8. The number of hydrogen-bond acceptors (Lipinski definition) is 6. The molecule has 1 aliphatic rings. The summed E-state index contributed by atoms with van der Waals surface area (Å²) in [5.41, 5.74) is 0.456. The molecule has 1 amide bonds.